The molecule has 5 rings (SSSR count). The molecule has 1 fully saturated rings. The number of rotatable bonds is 7. The number of nitrogens with zero attached hydrogens (tertiary/aromatic N) is 3. The van der Waals surface area contributed by atoms with Gasteiger partial charge >= 0.3 is 12.1 Å². The number of aliphatic carboxylic acids is 1. The third kappa shape index (κ3) is 9.64. The van der Waals surface area contributed by atoms with Crippen LogP contribution in [0.1, 0.15) is 33.7 Å². The van der Waals surface area contributed by atoms with Crippen LogP contribution in [0.25, 0.3) is 10.9 Å². The summed E-state index contributed by atoms with van der Waals surface area (Å²) >= 11 is 6.02. The van der Waals surface area contributed by atoms with Crippen molar-refractivity contribution in [2.24, 2.45) is 11.8 Å². The highest BCUT2D eigenvalue weighted by atomic mass is 35.5. The number of hydrogen-bond donors (Lipinski definition) is 4. The number of hydroxylamine groups is 1. The van der Waals surface area contributed by atoms with Crippen LogP contribution in [-0.2, 0) is 21.0 Å². The summed E-state index contributed by atoms with van der Waals surface area (Å²) < 4.78 is 37.7. The van der Waals surface area contributed by atoms with Crippen LogP contribution >= 0.6 is 11.6 Å². The Hall–Kier alpha value is -5.28. The van der Waals surface area contributed by atoms with Crippen LogP contribution in [0.4, 0.5) is 18.9 Å². The molecule has 0 unspecified atom stereocenters. The molecular formula is C33H31ClF3N5O7. The lowest BCUT2D eigenvalue weighted by Gasteiger charge is -2.36. The largest absolute Gasteiger partial charge is 0.490 e. The molecule has 2 aromatic heterocycles. The number of alkyl halides is 3. The molecule has 3 amide bonds. The molecule has 0 aliphatic carbocycles. The van der Waals surface area contributed by atoms with Crippen molar-refractivity contribution in [2.75, 3.05) is 18.4 Å². The number of aryl methyl sites for hydroxylation is 2. The molecule has 4 aromatic rings. The Morgan fingerprint density at radius 1 is 0.959 bits per heavy atom. The molecule has 12 nitrogen and oxygen atoms in total. The maximum atomic E-state index is 13.2. The van der Waals surface area contributed by atoms with Gasteiger partial charge in [-0.1, -0.05) is 29.8 Å². The van der Waals surface area contributed by atoms with Gasteiger partial charge in [0.05, 0.1) is 17.4 Å². The SMILES string of the molecule is Cc1cc(C(=O)N2CC[C@H](C(=O)Nc3ccc(OCc4cc(C)nc5ccccc45)cc3)[C@@H](C(=O)NO)C2)cc(Cl)n1.O=C(O)C(F)(F)F. The summed E-state index contributed by atoms with van der Waals surface area (Å²) in [5.74, 6) is -5.29. The number of pyridine rings is 2. The van der Waals surface area contributed by atoms with E-state index in [2.05, 4.69) is 15.3 Å². The predicted octanol–water partition coefficient (Wildman–Crippen LogP) is 5.33. The minimum atomic E-state index is -5.08. The third-order valence-electron chi connectivity index (χ3n) is 7.54. The molecule has 49 heavy (non-hydrogen) atoms. The molecule has 2 aromatic carbocycles. The Morgan fingerprint density at radius 3 is 2.24 bits per heavy atom. The quantitative estimate of drug-likeness (QED) is 0.113. The zero-order valence-electron chi connectivity index (χ0n) is 26.1. The number of piperidine rings is 1. The first kappa shape index (κ1) is 36.6. The first-order valence-corrected chi connectivity index (χ1v) is 15.1. The van der Waals surface area contributed by atoms with Crippen LogP contribution < -0.4 is 15.5 Å². The van der Waals surface area contributed by atoms with Gasteiger partial charge in [-0.2, -0.15) is 13.2 Å². The Kier molecular flexibility index (Phi) is 11.7. The number of nitrogens with one attached hydrogen (secondary N) is 2. The van der Waals surface area contributed by atoms with E-state index in [1.54, 1.807) is 42.7 Å². The number of carboxylic acids is 1. The maximum Gasteiger partial charge on any atom is 0.490 e. The fraction of sp³-hybridized carbons (Fsp3) is 0.273. The van der Waals surface area contributed by atoms with Crippen LogP contribution in [0.5, 0.6) is 5.75 Å². The highest BCUT2D eigenvalue weighted by molar-refractivity contribution is 6.29. The van der Waals surface area contributed by atoms with Gasteiger partial charge in [-0.3, -0.25) is 24.6 Å². The first-order chi connectivity index (χ1) is 23.2. The summed E-state index contributed by atoms with van der Waals surface area (Å²) in [6.07, 6.45) is -4.85. The van der Waals surface area contributed by atoms with Gasteiger partial charge in [0.25, 0.3) is 5.91 Å². The number of halogens is 4. The molecule has 3 heterocycles. The lowest BCUT2D eigenvalue weighted by Crippen LogP contribution is -2.52. The number of carbonyl (C=O) groups is 4. The van der Waals surface area contributed by atoms with Crippen LogP contribution in [0.15, 0.2) is 66.7 Å². The Balaban J connectivity index is 0.000000698. The van der Waals surface area contributed by atoms with E-state index in [1.807, 2.05) is 37.3 Å². The van der Waals surface area contributed by atoms with Crippen LogP contribution in [0, 0.1) is 25.7 Å². The number of ether oxygens (including phenoxy) is 1. The van der Waals surface area contributed by atoms with Crippen LogP contribution in [-0.4, -0.2) is 68.1 Å². The fourth-order valence-electron chi connectivity index (χ4n) is 5.28. The molecule has 1 aliphatic heterocycles. The molecule has 1 saturated heterocycles. The molecule has 0 radical (unpaired) electrons. The molecule has 0 spiro atoms. The highest BCUT2D eigenvalue weighted by Crippen LogP contribution is 2.28. The standard InChI is InChI=1S/C31H30ClN5O5.C2HF3O2/c1-18-14-21(24-5-3-4-6-27(24)33-18)17-42-23-9-7-22(8-10-23)35-29(38)25-11-12-37(16-26(25)30(39)36-41)31(40)20-13-19(2)34-28(32)15-20;3-2(4,5)1(6)7/h3-10,13-15,25-26,41H,11-12,16-17H2,1-2H3,(H,35,38)(H,36,39);(H,6,7)/t25-,26-;/m0./s1. The summed E-state index contributed by atoms with van der Waals surface area (Å²) in [6, 6.07) is 19.9. The average Bonchev–Trinajstić information content (AvgIpc) is 3.06. The predicted molar refractivity (Wildman–Crippen MR) is 171 cm³/mol. The van der Waals surface area contributed by atoms with Crippen molar-refractivity contribution in [2.45, 2.75) is 33.1 Å². The number of anilines is 1. The number of para-hydroxylation sites is 1. The smallest absolute Gasteiger partial charge is 0.489 e. The van der Waals surface area contributed by atoms with Gasteiger partial charge in [-0.25, -0.2) is 15.3 Å². The average molecular weight is 702 g/mol. The van der Waals surface area contributed by atoms with Crippen molar-refractivity contribution in [3.63, 3.8) is 0 Å². The van der Waals surface area contributed by atoms with Gasteiger partial charge in [-0.15, -0.1) is 0 Å². The topological polar surface area (TPSA) is 171 Å². The summed E-state index contributed by atoms with van der Waals surface area (Å²) in [7, 11) is 0. The monoisotopic (exact) mass is 701 g/mol. The van der Waals surface area contributed by atoms with Crippen molar-refractivity contribution in [1.29, 1.82) is 0 Å². The second kappa shape index (κ2) is 15.7. The number of carboxylic acid groups (broad SMARTS) is 1. The number of fused-ring (bicyclic) bond motifs is 1. The first-order valence-electron chi connectivity index (χ1n) is 14.7. The van der Waals surface area contributed by atoms with Crippen LogP contribution in [0.3, 0.4) is 0 Å². The summed E-state index contributed by atoms with van der Waals surface area (Å²) in [4.78, 5) is 57.9. The van der Waals surface area contributed by atoms with Gasteiger partial charge in [0.15, 0.2) is 0 Å². The normalized spacial score (nSPS) is 15.9. The molecule has 258 valence electrons. The van der Waals surface area contributed by atoms with E-state index in [0.29, 0.717) is 29.3 Å². The van der Waals surface area contributed by atoms with Crippen molar-refractivity contribution in [1.82, 2.24) is 20.3 Å². The van der Waals surface area contributed by atoms with Gasteiger partial charge in [0, 0.05) is 46.7 Å². The zero-order valence-corrected chi connectivity index (χ0v) is 26.9. The van der Waals surface area contributed by atoms with Gasteiger partial charge in [0.2, 0.25) is 11.8 Å². The number of benzene rings is 2. The molecule has 16 heteroatoms. The minimum absolute atomic E-state index is 0.0434. The summed E-state index contributed by atoms with van der Waals surface area (Å²) in [5.41, 5.74) is 5.94. The minimum Gasteiger partial charge on any atom is -0.489 e. The molecule has 0 bridgehead atoms. The van der Waals surface area contributed by atoms with Crippen molar-refractivity contribution < 1.29 is 47.4 Å². The van der Waals surface area contributed by atoms with E-state index in [0.717, 1.165) is 22.2 Å². The zero-order chi connectivity index (χ0) is 35.9. The Bertz CT molecular complexity index is 1840. The number of hydrogen-bond acceptors (Lipinski definition) is 8. The Labute approximate surface area is 282 Å². The van der Waals surface area contributed by atoms with Crippen LogP contribution in [0.2, 0.25) is 5.15 Å². The number of likely N-dealkylation sites (tertiary alicyclic amines) is 1. The maximum absolute atomic E-state index is 13.2. The van der Waals surface area contributed by atoms with Crippen molar-refractivity contribution in [3.8, 4) is 5.75 Å². The summed E-state index contributed by atoms with van der Waals surface area (Å²) in [5, 5.41) is 20.5. The van der Waals surface area contributed by atoms with E-state index in [4.69, 9.17) is 26.2 Å². The number of aromatic nitrogens is 2. The fourth-order valence-corrected chi connectivity index (χ4v) is 5.53. The molecule has 0 saturated carbocycles. The van der Waals surface area contributed by atoms with Crippen molar-refractivity contribution >= 4 is 51.9 Å². The molecular weight excluding hydrogens is 671 g/mol. The number of carbonyl (C=O) groups excluding carboxylic acids is 3. The molecule has 4 N–H and O–H groups in total. The van der Waals surface area contributed by atoms with E-state index in [-0.39, 0.29) is 36.5 Å². The molecule has 1 aliphatic rings. The lowest BCUT2D eigenvalue weighted by atomic mass is 9.83. The van der Waals surface area contributed by atoms with Gasteiger partial charge < -0.3 is 20.1 Å². The van der Waals surface area contributed by atoms with E-state index < -0.39 is 29.9 Å². The Morgan fingerprint density at radius 2 is 1.61 bits per heavy atom. The second-order valence-corrected chi connectivity index (χ2v) is 11.5. The van der Waals surface area contributed by atoms with E-state index in [1.165, 1.54) is 11.0 Å². The van der Waals surface area contributed by atoms with Crippen molar-refractivity contribution in [3.05, 3.63) is 94.4 Å². The highest BCUT2D eigenvalue weighted by Gasteiger charge is 2.40. The van der Waals surface area contributed by atoms with Gasteiger partial charge in [-0.05, 0) is 68.8 Å². The number of amides is 3. The summed E-state index contributed by atoms with van der Waals surface area (Å²) in [6.45, 7) is 4.24. The lowest BCUT2D eigenvalue weighted by molar-refractivity contribution is -0.192. The second-order valence-electron chi connectivity index (χ2n) is 11.1. The third-order valence-corrected chi connectivity index (χ3v) is 7.74. The molecule has 2 atom stereocenters. The van der Waals surface area contributed by atoms with E-state index in [9.17, 15) is 32.8 Å². The van der Waals surface area contributed by atoms with E-state index >= 15 is 0 Å². The van der Waals surface area contributed by atoms with Gasteiger partial charge in [0.1, 0.15) is 17.5 Å².